The number of rotatable bonds is 5. The number of hydrogen-bond donors (Lipinski definition) is 1. The number of ether oxygens (including phenoxy) is 2. The van der Waals surface area contributed by atoms with Gasteiger partial charge in [0, 0.05) is 6.20 Å². The summed E-state index contributed by atoms with van der Waals surface area (Å²) in [6.07, 6.45) is 2.63. The smallest absolute Gasteiger partial charge is 0.242 e. The van der Waals surface area contributed by atoms with E-state index in [9.17, 15) is 0 Å². The topological polar surface area (TPSA) is 57.4 Å². The van der Waals surface area contributed by atoms with Crippen LogP contribution in [-0.2, 0) is 0 Å². The van der Waals surface area contributed by atoms with Crippen molar-refractivity contribution in [3.8, 4) is 17.4 Å². The van der Waals surface area contributed by atoms with Crippen molar-refractivity contribution in [2.45, 2.75) is 13.3 Å². The van der Waals surface area contributed by atoms with Gasteiger partial charge in [0.05, 0.1) is 12.3 Å². The van der Waals surface area contributed by atoms with E-state index >= 15 is 0 Å². The molecular formula is C14H16N2O2. The van der Waals surface area contributed by atoms with E-state index in [1.54, 1.807) is 18.3 Å². The van der Waals surface area contributed by atoms with Crippen molar-refractivity contribution in [1.29, 1.82) is 0 Å². The summed E-state index contributed by atoms with van der Waals surface area (Å²) in [4.78, 5) is 4.07. The van der Waals surface area contributed by atoms with E-state index in [0.29, 0.717) is 23.9 Å². The molecule has 0 fully saturated rings. The molecule has 0 aliphatic carbocycles. The maximum atomic E-state index is 5.75. The summed E-state index contributed by atoms with van der Waals surface area (Å²) >= 11 is 0. The lowest BCUT2D eigenvalue weighted by Crippen LogP contribution is -1.96. The Morgan fingerprint density at radius 3 is 2.50 bits per heavy atom. The molecule has 0 amide bonds. The summed E-state index contributed by atoms with van der Waals surface area (Å²) < 4.78 is 11.1. The first kappa shape index (κ1) is 12.2. The number of nitrogen functional groups attached to an aromatic ring is 1. The predicted octanol–water partition coefficient (Wildman–Crippen LogP) is 3.24. The molecule has 0 atom stereocenters. The van der Waals surface area contributed by atoms with Gasteiger partial charge in [-0.1, -0.05) is 6.92 Å². The second-order valence-electron chi connectivity index (χ2n) is 3.82. The van der Waals surface area contributed by atoms with Gasteiger partial charge in [0.15, 0.2) is 0 Å². The molecule has 0 radical (unpaired) electrons. The molecule has 4 nitrogen and oxygen atoms in total. The molecule has 2 rings (SSSR count). The number of pyridine rings is 1. The largest absolute Gasteiger partial charge is 0.494 e. The zero-order chi connectivity index (χ0) is 12.8. The summed E-state index contributed by atoms with van der Waals surface area (Å²) in [5.74, 6) is 1.93. The number of nitrogens with two attached hydrogens (primary N) is 1. The summed E-state index contributed by atoms with van der Waals surface area (Å²) in [5, 5.41) is 0. The number of nitrogens with zero attached hydrogens (tertiary/aromatic N) is 1. The van der Waals surface area contributed by atoms with Gasteiger partial charge in [-0.2, -0.15) is 0 Å². The Kier molecular flexibility index (Phi) is 4.02. The van der Waals surface area contributed by atoms with E-state index in [0.717, 1.165) is 12.2 Å². The first-order chi connectivity index (χ1) is 8.79. The van der Waals surface area contributed by atoms with Crippen molar-refractivity contribution in [1.82, 2.24) is 4.98 Å². The highest BCUT2D eigenvalue weighted by atomic mass is 16.5. The average Bonchev–Trinajstić information content (AvgIpc) is 2.41. The summed E-state index contributed by atoms with van der Waals surface area (Å²) in [6.45, 7) is 2.79. The lowest BCUT2D eigenvalue weighted by molar-refractivity contribution is 0.317. The van der Waals surface area contributed by atoms with E-state index in [-0.39, 0.29) is 0 Å². The Bertz CT molecular complexity index is 497. The Balaban J connectivity index is 2.04. The molecule has 1 heterocycles. The molecule has 94 valence electrons. The van der Waals surface area contributed by atoms with E-state index in [2.05, 4.69) is 11.9 Å². The Hall–Kier alpha value is -2.23. The SMILES string of the molecule is CCCOc1ccc(Oc2ncccc2N)cc1. The zero-order valence-corrected chi connectivity index (χ0v) is 10.3. The van der Waals surface area contributed by atoms with Crippen LogP contribution < -0.4 is 15.2 Å². The highest BCUT2D eigenvalue weighted by Gasteiger charge is 2.02. The van der Waals surface area contributed by atoms with Crippen LogP contribution in [0, 0.1) is 0 Å². The monoisotopic (exact) mass is 244 g/mol. The van der Waals surface area contributed by atoms with Gasteiger partial charge in [0.2, 0.25) is 5.88 Å². The number of anilines is 1. The maximum Gasteiger partial charge on any atom is 0.242 e. The molecular weight excluding hydrogens is 228 g/mol. The van der Waals surface area contributed by atoms with E-state index in [1.807, 2.05) is 24.3 Å². The van der Waals surface area contributed by atoms with Gasteiger partial charge >= 0.3 is 0 Å². The maximum absolute atomic E-state index is 5.75. The van der Waals surface area contributed by atoms with Crippen LogP contribution in [-0.4, -0.2) is 11.6 Å². The average molecular weight is 244 g/mol. The molecule has 0 aliphatic heterocycles. The third-order valence-electron chi connectivity index (χ3n) is 2.31. The molecule has 18 heavy (non-hydrogen) atoms. The van der Waals surface area contributed by atoms with Crippen molar-refractivity contribution in [3.63, 3.8) is 0 Å². The Morgan fingerprint density at radius 1 is 1.11 bits per heavy atom. The minimum Gasteiger partial charge on any atom is -0.494 e. The molecule has 0 spiro atoms. The predicted molar refractivity (Wildman–Crippen MR) is 71.0 cm³/mol. The van der Waals surface area contributed by atoms with Crippen LogP contribution in [0.4, 0.5) is 5.69 Å². The third-order valence-corrected chi connectivity index (χ3v) is 2.31. The minimum absolute atomic E-state index is 0.416. The van der Waals surface area contributed by atoms with Gasteiger partial charge in [0.1, 0.15) is 11.5 Å². The second-order valence-corrected chi connectivity index (χ2v) is 3.82. The number of benzene rings is 1. The second kappa shape index (κ2) is 5.91. The summed E-state index contributed by atoms with van der Waals surface area (Å²) in [6, 6.07) is 10.9. The van der Waals surface area contributed by atoms with Crippen molar-refractivity contribution < 1.29 is 9.47 Å². The van der Waals surface area contributed by atoms with Crippen molar-refractivity contribution >= 4 is 5.69 Å². The third kappa shape index (κ3) is 3.13. The standard InChI is InChI=1S/C14H16N2O2/c1-2-10-17-11-5-7-12(8-6-11)18-14-13(15)4-3-9-16-14/h3-9H,2,10,15H2,1H3. The summed E-state index contributed by atoms with van der Waals surface area (Å²) in [7, 11) is 0. The fourth-order valence-electron chi connectivity index (χ4n) is 1.42. The van der Waals surface area contributed by atoms with E-state index in [1.165, 1.54) is 0 Å². The Labute approximate surface area is 106 Å². The van der Waals surface area contributed by atoms with E-state index < -0.39 is 0 Å². The minimum atomic E-state index is 0.416. The molecule has 0 unspecified atom stereocenters. The highest BCUT2D eigenvalue weighted by Crippen LogP contribution is 2.25. The van der Waals surface area contributed by atoms with Gasteiger partial charge in [-0.15, -0.1) is 0 Å². The first-order valence-electron chi connectivity index (χ1n) is 5.91. The van der Waals surface area contributed by atoms with E-state index in [4.69, 9.17) is 15.2 Å². The fraction of sp³-hybridized carbons (Fsp3) is 0.214. The van der Waals surface area contributed by atoms with Crippen molar-refractivity contribution in [2.24, 2.45) is 0 Å². The molecule has 2 aromatic rings. The van der Waals surface area contributed by atoms with Crippen LogP contribution in [0.1, 0.15) is 13.3 Å². The van der Waals surface area contributed by atoms with Crippen LogP contribution in [0.15, 0.2) is 42.6 Å². The molecule has 0 aliphatic rings. The van der Waals surface area contributed by atoms with Crippen LogP contribution in [0.25, 0.3) is 0 Å². The van der Waals surface area contributed by atoms with Crippen molar-refractivity contribution in [3.05, 3.63) is 42.6 Å². The molecule has 2 N–H and O–H groups in total. The lowest BCUT2D eigenvalue weighted by Gasteiger charge is -2.08. The quantitative estimate of drug-likeness (QED) is 0.877. The van der Waals surface area contributed by atoms with Gasteiger partial charge in [-0.3, -0.25) is 0 Å². The first-order valence-corrected chi connectivity index (χ1v) is 5.91. The normalized spacial score (nSPS) is 10.1. The highest BCUT2D eigenvalue weighted by molar-refractivity contribution is 5.49. The molecule has 0 bridgehead atoms. The molecule has 1 aromatic heterocycles. The number of aromatic nitrogens is 1. The molecule has 1 aromatic carbocycles. The fourth-order valence-corrected chi connectivity index (χ4v) is 1.42. The van der Waals surface area contributed by atoms with Crippen LogP contribution in [0.5, 0.6) is 17.4 Å². The summed E-state index contributed by atoms with van der Waals surface area (Å²) in [5.41, 5.74) is 6.27. The zero-order valence-electron chi connectivity index (χ0n) is 10.3. The Morgan fingerprint density at radius 2 is 1.83 bits per heavy atom. The van der Waals surface area contributed by atoms with Gasteiger partial charge in [-0.25, -0.2) is 4.98 Å². The number of hydrogen-bond acceptors (Lipinski definition) is 4. The lowest BCUT2D eigenvalue weighted by atomic mass is 10.3. The van der Waals surface area contributed by atoms with Gasteiger partial charge < -0.3 is 15.2 Å². The molecule has 0 saturated carbocycles. The molecule has 4 heteroatoms. The van der Waals surface area contributed by atoms with Gasteiger partial charge in [0.25, 0.3) is 0 Å². The van der Waals surface area contributed by atoms with Crippen molar-refractivity contribution in [2.75, 3.05) is 12.3 Å². The molecule has 0 saturated heterocycles. The van der Waals surface area contributed by atoms with Crippen LogP contribution >= 0.6 is 0 Å². The van der Waals surface area contributed by atoms with Gasteiger partial charge in [-0.05, 0) is 42.8 Å². The van der Waals surface area contributed by atoms with Crippen LogP contribution in [0.3, 0.4) is 0 Å². The van der Waals surface area contributed by atoms with Crippen LogP contribution in [0.2, 0.25) is 0 Å².